The highest BCUT2D eigenvalue weighted by atomic mass is 35.5. The molecule has 2 fully saturated rings. The van der Waals surface area contributed by atoms with Crippen molar-refractivity contribution < 1.29 is 9.59 Å². The van der Waals surface area contributed by atoms with Crippen molar-refractivity contribution in [3.05, 3.63) is 23.9 Å². The first-order valence-corrected chi connectivity index (χ1v) is 9.33. The van der Waals surface area contributed by atoms with Crippen LogP contribution in [-0.2, 0) is 16.6 Å². The van der Waals surface area contributed by atoms with Crippen molar-refractivity contribution >= 4 is 40.8 Å². The number of aromatic nitrogens is 2. The predicted molar refractivity (Wildman–Crippen MR) is 107 cm³/mol. The van der Waals surface area contributed by atoms with Gasteiger partial charge < -0.3 is 11.1 Å². The molecule has 4 rings (SSSR count). The Morgan fingerprint density at radius 2 is 1.93 bits per heavy atom. The summed E-state index contributed by atoms with van der Waals surface area (Å²) in [4.78, 5) is 23.6. The first-order chi connectivity index (χ1) is 12.5. The number of halogens is 1. The Hall–Kier alpha value is -2.12. The molecular formula is C19H26ClN5O2. The molecule has 1 aromatic heterocycles. The minimum atomic E-state index is -0.366. The quantitative estimate of drug-likeness (QED) is 0.696. The van der Waals surface area contributed by atoms with Crippen LogP contribution >= 0.6 is 12.4 Å². The highest BCUT2D eigenvalue weighted by molar-refractivity contribution is 6.02. The lowest BCUT2D eigenvalue weighted by Crippen LogP contribution is -2.39. The summed E-state index contributed by atoms with van der Waals surface area (Å²) in [5.41, 5.74) is 8.79. The van der Waals surface area contributed by atoms with Crippen molar-refractivity contribution in [3.63, 3.8) is 0 Å². The summed E-state index contributed by atoms with van der Waals surface area (Å²) in [7, 11) is 1.89. The normalized spacial score (nSPS) is 25.8. The maximum absolute atomic E-state index is 12.2. The number of rotatable bonds is 3. The van der Waals surface area contributed by atoms with Gasteiger partial charge in [0.25, 0.3) is 0 Å². The van der Waals surface area contributed by atoms with E-state index in [1.165, 1.54) is 0 Å². The number of amides is 2. The third kappa shape index (κ3) is 3.94. The van der Waals surface area contributed by atoms with Crippen LogP contribution in [0.1, 0.15) is 50.1 Å². The van der Waals surface area contributed by atoms with Crippen LogP contribution in [0, 0.1) is 0 Å². The third-order valence-corrected chi connectivity index (χ3v) is 5.59. The lowest BCUT2D eigenvalue weighted by atomic mass is 9.91. The molecule has 8 heteroatoms. The minimum Gasteiger partial charge on any atom is -0.382 e. The number of piperidine rings is 1. The van der Waals surface area contributed by atoms with Gasteiger partial charge in [0.15, 0.2) is 0 Å². The smallest absolute Gasteiger partial charge is 0.235 e. The van der Waals surface area contributed by atoms with Crippen molar-refractivity contribution in [1.82, 2.24) is 15.1 Å². The lowest BCUT2D eigenvalue weighted by molar-refractivity contribution is -0.134. The first-order valence-electron chi connectivity index (χ1n) is 9.33. The van der Waals surface area contributed by atoms with Gasteiger partial charge in [0.1, 0.15) is 0 Å². The Bertz CT molecular complexity index is 857. The van der Waals surface area contributed by atoms with Crippen LogP contribution in [0.5, 0.6) is 0 Å². The standard InChI is InChI=1S/C19H25N5O2.ClH/c1-24-16-10-13(21-12-4-2-11(20)3-5-12)6-7-14(16)18(23-24)15-8-9-17(25)22-19(15)26;/h6-7,10-12,15,21H,2-5,8-9,20H2,1H3,(H,22,25,26);1H/t11-,12+,15?;. The topological polar surface area (TPSA) is 102 Å². The molecule has 146 valence electrons. The van der Waals surface area contributed by atoms with E-state index in [9.17, 15) is 9.59 Å². The van der Waals surface area contributed by atoms with Gasteiger partial charge in [-0.05, 0) is 50.3 Å². The van der Waals surface area contributed by atoms with Gasteiger partial charge in [-0.2, -0.15) is 5.10 Å². The Labute approximate surface area is 164 Å². The zero-order valence-electron chi connectivity index (χ0n) is 15.4. The number of imide groups is 1. The van der Waals surface area contributed by atoms with Gasteiger partial charge in [-0.15, -0.1) is 12.4 Å². The average molecular weight is 392 g/mol. The molecule has 1 unspecified atom stereocenters. The number of fused-ring (bicyclic) bond motifs is 1. The summed E-state index contributed by atoms with van der Waals surface area (Å²) in [6, 6.07) is 6.96. The number of nitrogens with two attached hydrogens (primary N) is 1. The molecule has 1 aliphatic heterocycles. The summed E-state index contributed by atoms with van der Waals surface area (Å²) in [5.74, 6) is -0.817. The van der Waals surface area contributed by atoms with Gasteiger partial charge in [0, 0.05) is 36.6 Å². The molecule has 2 amide bonds. The molecule has 2 aromatic rings. The van der Waals surface area contributed by atoms with Gasteiger partial charge in [-0.25, -0.2) is 0 Å². The monoisotopic (exact) mass is 391 g/mol. The van der Waals surface area contributed by atoms with Crippen molar-refractivity contribution in [2.24, 2.45) is 12.8 Å². The zero-order chi connectivity index (χ0) is 18.3. The molecule has 0 spiro atoms. The lowest BCUT2D eigenvalue weighted by Gasteiger charge is -2.27. The number of aryl methyl sites for hydroxylation is 1. The molecule has 0 bridgehead atoms. The van der Waals surface area contributed by atoms with E-state index >= 15 is 0 Å². The number of nitrogens with zero attached hydrogens (tertiary/aromatic N) is 2. The Morgan fingerprint density at radius 3 is 2.63 bits per heavy atom. The summed E-state index contributed by atoms with van der Waals surface area (Å²) >= 11 is 0. The Kier molecular flexibility index (Phi) is 5.72. The van der Waals surface area contributed by atoms with Crippen LogP contribution in [0.4, 0.5) is 5.69 Å². The molecule has 2 aliphatic rings. The van der Waals surface area contributed by atoms with Crippen molar-refractivity contribution in [2.75, 3.05) is 5.32 Å². The Morgan fingerprint density at radius 1 is 1.19 bits per heavy atom. The van der Waals surface area contributed by atoms with Gasteiger partial charge >= 0.3 is 0 Å². The third-order valence-electron chi connectivity index (χ3n) is 5.59. The number of anilines is 1. The molecule has 7 nitrogen and oxygen atoms in total. The number of hydrogen-bond acceptors (Lipinski definition) is 5. The molecule has 4 N–H and O–H groups in total. The summed E-state index contributed by atoms with van der Waals surface area (Å²) in [6.45, 7) is 0. The number of carbonyl (C=O) groups excluding carboxylic acids is 2. The molecule has 27 heavy (non-hydrogen) atoms. The van der Waals surface area contributed by atoms with Crippen LogP contribution in [0.15, 0.2) is 18.2 Å². The minimum absolute atomic E-state index is 0. The van der Waals surface area contributed by atoms with E-state index in [-0.39, 0.29) is 30.1 Å². The second-order valence-electron chi connectivity index (χ2n) is 7.50. The second-order valence-corrected chi connectivity index (χ2v) is 7.50. The van der Waals surface area contributed by atoms with Crippen LogP contribution < -0.4 is 16.4 Å². The molecule has 2 heterocycles. The van der Waals surface area contributed by atoms with Gasteiger partial charge in [-0.1, -0.05) is 0 Å². The largest absolute Gasteiger partial charge is 0.382 e. The number of nitrogens with one attached hydrogen (secondary N) is 2. The second kappa shape index (κ2) is 7.86. The fourth-order valence-corrected chi connectivity index (χ4v) is 4.09. The van der Waals surface area contributed by atoms with Crippen LogP contribution in [0.3, 0.4) is 0 Å². The molecule has 0 radical (unpaired) electrons. The van der Waals surface area contributed by atoms with E-state index in [1.807, 2.05) is 23.9 Å². The van der Waals surface area contributed by atoms with E-state index in [0.717, 1.165) is 48.0 Å². The molecule has 1 saturated carbocycles. The van der Waals surface area contributed by atoms with E-state index in [0.29, 0.717) is 24.9 Å². The number of carbonyl (C=O) groups is 2. The van der Waals surface area contributed by atoms with Gasteiger partial charge in [0.05, 0.1) is 17.1 Å². The SMILES string of the molecule is Cl.Cn1nc(C2CCC(=O)NC2=O)c2ccc(N[C@H]3CC[C@@H](N)CC3)cc21. The maximum atomic E-state index is 12.2. The van der Waals surface area contributed by atoms with E-state index in [4.69, 9.17) is 5.73 Å². The summed E-state index contributed by atoms with van der Waals surface area (Å²) in [5, 5.41) is 11.6. The fourth-order valence-electron chi connectivity index (χ4n) is 4.09. The number of benzene rings is 1. The van der Waals surface area contributed by atoms with Crippen molar-refractivity contribution in [1.29, 1.82) is 0 Å². The molecule has 1 aliphatic carbocycles. The zero-order valence-corrected chi connectivity index (χ0v) is 16.2. The molecule has 1 aromatic carbocycles. The average Bonchev–Trinajstić information content (AvgIpc) is 2.93. The molecular weight excluding hydrogens is 366 g/mol. The first kappa shape index (κ1) is 19.6. The van der Waals surface area contributed by atoms with Gasteiger partial charge in [-0.3, -0.25) is 19.6 Å². The van der Waals surface area contributed by atoms with E-state index in [2.05, 4.69) is 21.8 Å². The van der Waals surface area contributed by atoms with Crippen molar-refractivity contribution in [2.45, 2.75) is 56.5 Å². The summed E-state index contributed by atoms with van der Waals surface area (Å²) in [6.07, 6.45) is 5.17. The Balaban J connectivity index is 0.00000210. The fraction of sp³-hybridized carbons (Fsp3) is 0.526. The molecule has 1 saturated heterocycles. The highest BCUT2D eigenvalue weighted by Crippen LogP contribution is 2.32. The summed E-state index contributed by atoms with van der Waals surface area (Å²) < 4.78 is 1.82. The van der Waals surface area contributed by atoms with E-state index in [1.54, 1.807) is 0 Å². The van der Waals surface area contributed by atoms with Crippen LogP contribution in [0.25, 0.3) is 10.9 Å². The van der Waals surface area contributed by atoms with Crippen molar-refractivity contribution in [3.8, 4) is 0 Å². The predicted octanol–water partition coefficient (Wildman–Crippen LogP) is 2.20. The van der Waals surface area contributed by atoms with Crippen LogP contribution in [0.2, 0.25) is 0 Å². The highest BCUT2D eigenvalue weighted by Gasteiger charge is 2.31. The molecule has 1 atom stereocenters. The maximum Gasteiger partial charge on any atom is 0.235 e. The van der Waals surface area contributed by atoms with Gasteiger partial charge in [0.2, 0.25) is 11.8 Å². The van der Waals surface area contributed by atoms with Crippen LogP contribution in [-0.4, -0.2) is 33.7 Å². The number of hydrogen-bond donors (Lipinski definition) is 3. The van der Waals surface area contributed by atoms with E-state index < -0.39 is 0 Å².